The topological polar surface area (TPSA) is 29.5 Å². The fraction of sp³-hybridized carbons (Fsp3) is 0.350. The summed E-state index contributed by atoms with van der Waals surface area (Å²) in [6.45, 7) is 6.47. The van der Waals surface area contributed by atoms with Gasteiger partial charge >= 0.3 is 0 Å². The van der Waals surface area contributed by atoms with Gasteiger partial charge in [-0.25, -0.2) is 0 Å². The monoisotopic (exact) mass is 387 g/mol. The Morgan fingerprint density at radius 2 is 2.00 bits per heavy atom. The van der Waals surface area contributed by atoms with E-state index in [1.807, 2.05) is 41.3 Å². The van der Waals surface area contributed by atoms with Gasteiger partial charge in [-0.1, -0.05) is 28.9 Å². The molecule has 1 amide bonds. The molecule has 3 nitrogen and oxygen atoms in total. The van der Waals surface area contributed by atoms with E-state index in [1.165, 1.54) is 0 Å². The van der Waals surface area contributed by atoms with E-state index in [4.69, 9.17) is 4.74 Å². The standard InChI is InChI=1S/C20H22BrNO2/c1-13-12-20(2,3)22(18-9-8-16(24-4)11-17(13)18)19(23)14-6-5-7-15(21)10-14/h5-11,13H,12H2,1-4H3. The number of nitrogens with zero attached hydrogens (tertiary/aromatic N) is 1. The average molecular weight is 388 g/mol. The maximum atomic E-state index is 13.3. The number of benzene rings is 2. The molecule has 0 fully saturated rings. The van der Waals surface area contributed by atoms with Gasteiger partial charge < -0.3 is 9.64 Å². The quantitative estimate of drug-likeness (QED) is 0.690. The van der Waals surface area contributed by atoms with Crippen LogP contribution in [0.1, 0.15) is 49.0 Å². The van der Waals surface area contributed by atoms with Crippen molar-refractivity contribution in [2.75, 3.05) is 12.0 Å². The summed E-state index contributed by atoms with van der Waals surface area (Å²) in [4.78, 5) is 15.2. The Balaban J connectivity index is 2.12. The third-order valence-electron chi connectivity index (χ3n) is 4.69. The van der Waals surface area contributed by atoms with Crippen LogP contribution in [0.5, 0.6) is 5.75 Å². The minimum atomic E-state index is -0.250. The third kappa shape index (κ3) is 2.95. The largest absolute Gasteiger partial charge is 0.497 e. The minimum absolute atomic E-state index is 0.0274. The number of rotatable bonds is 2. The molecule has 0 aliphatic carbocycles. The second-order valence-electron chi connectivity index (χ2n) is 6.99. The minimum Gasteiger partial charge on any atom is -0.497 e. The van der Waals surface area contributed by atoms with Crippen LogP contribution in [0.25, 0.3) is 0 Å². The highest BCUT2D eigenvalue weighted by Crippen LogP contribution is 2.45. The summed E-state index contributed by atoms with van der Waals surface area (Å²) in [5.41, 5.74) is 2.58. The molecule has 1 heterocycles. The van der Waals surface area contributed by atoms with Crippen LogP contribution in [0, 0.1) is 0 Å². The second kappa shape index (κ2) is 6.25. The lowest BCUT2D eigenvalue weighted by atomic mass is 9.79. The third-order valence-corrected chi connectivity index (χ3v) is 5.19. The molecule has 0 bridgehead atoms. The predicted octanol–water partition coefficient (Wildman–Crippen LogP) is 5.39. The Kier molecular flexibility index (Phi) is 4.43. The first kappa shape index (κ1) is 17.0. The first-order valence-corrected chi connectivity index (χ1v) is 8.91. The van der Waals surface area contributed by atoms with Crippen LogP contribution in [0.15, 0.2) is 46.9 Å². The summed E-state index contributed by atoms with van der Waals surface area (Å²) < 4.78 is 6.28. The van der Waals surface area contributed by atoms with E-state index >= 15 is 0 Å². The SMILES string of the molecule is COc1ccc2c(c1)C(C)CC(C)(C)N2C(=O)c1cccc(Br)c1. The molecule has 0 radical (unpaired) electrons. The van der Waals surface area contributed by atoms with Crippen molar-refractivity contribution in [1.29, 1.82) is 0 Å². The molecule has 0 saturated heterocycles. The Morgan fingerprint density at radius 1 is 1.25 bits per heavy atom. The highest BCUT2D eigenvalue weighted by molar-refractivity contribution is 9.10. The second-order valence-corrected chi connectivity index (χ2v) is 7.91. The number of amides is 1. The fourth-order valence-corrected chi connectivity index (χ4v) is 4.07. The number of methoxy groups -OCH3 is 1. The summed E-state index contributed by atoms with van der Waals surface area (Å²) in [6.07, 6.45) is 0.910. The molecule has 24 heavy (non-hydrogen) atoms. The van der Waals surface area contributed by atoms with Gasteiger partial charge in [0.15, 0.2) is 0 Å². The first-order chi connectivity index (χ1) is 11.3. The Labute approximate surface area is 151 Å². The molecule has 0 spiro atoms. The molecular formula is C20H22BrNO2. The molecule has 1 aliphatic heterocycles. The van der Waals surface area contributed by atoms with Gasteiger partial charge in [-0.15, -0.1) is 0 Å². The Bertz CT molecular complexity index is 785. The van der Waals surface area contributed by atoms with Gasteiger partial charge in [0.25, 0.3) is 5.91 Å². The average Bonchev–Trinajstić information content (AvgIpc) is 2.53. The first-order valence-electron chi connectivity index (χ1n) is 8.11. The van der Waals surface area contributed by atoms with Crippen molar-refractivity contribution in [2.45, 2.75) is 38.6 Å². The normalized spacial score (nSPS) is 18.9. The molecule has 4 heteroatoms. The van der Waals surface area contributed by atoms with Gasteiger partial charge in [-0.2, -0.15) is 0 Å². The molecular weight excluding hydrogens is 366 g/mol. The molecule has 1 aliphatic rings. The number of hydrogen-bond acceptors (Lipinski definition) is 2. The molecule has 0 N–H and O–H groups in total. The summed E-state index contributed by atoms with van der Waals surface area (Å²) in [5, 5.41) is 0. The van der Waals surface area contributed by atoms with Crippen molar-refractivity contribution in [1.82, 2.24) is 0 Å². The molecule has 1 atom stereocenters. The van der Waals surface area contributed by atoms with Gasteiger partial charge in [0, 0.05) is 21.3 Å². The number of ether oxygens (including phenoxy) is 1. The Morgan fingerprint density at radius 3 is 2.67 bits per heavy atom. The highest BCUT2D eigenvalue weighted by atomic mass is 79.9. The highest BCUT2D eigenvalue weighted by Gasteiger charge is 2.40. The van der Waals surface area contributed by atoms with Crippen molar-refractivity contribution in [2.24, 2.45) is 0 Å². The van der Waals surface area contributed by atoms with Crippen LogP contribution >= 0.6 is 15.9 Å². The smallest absolute Gasteiger partial charge is 0.258 e. The number of carbonyl (C=O) groups excluding carboxylic acids is 1. The van der Waals surface area contributed by atoms with Crippen LogP contribution in [0.3, 0.4) is 0 Å². The van der Waals surface area contributed by atoms with E-state index in [9.17, 15) is 4.79 Å². The van der Waals surface area contributed by atoms with Crippen molar-refractivity contribution >= 4 is 27.5 Å². The van der Waals surface area contributed by atoms with E-state index in [-0.39, 0.29) is 11.4 Å². The summed E-state index contributed by atoms with van der Waals surface area (Å²) >= 11 is 3.46. The zero-order chi connectivity index (χ0) is 17.5. The molecule has 3 rings (SSSR count). The number of hydrogen-bond donors (Lipinski definition) is 0. The summed E-state index contributed by atoms with van der Waals surface area (Å²) in [7, 11) is 1.67. The lowest BCUT2D eigenvalue weighted by Crippen LogP contribution is -2.51. The maximum absolute atomic E-state index is 13.3. The molecule has 0 aromatic heterocycles. The van der Waals surface area contributed by atoms with Crippen molar-refractivity contribution in [3.05, 3.63) is 58.1 Å². The molecule has 2 aromatic rings. The van der Waals surface area contributed by atoms with Crippen LogP contribution in [0.4, 0.5) is 5.69 Å². The van der Waals surface area contributed by atoms with Crippen LogP contribution < -0.4 is 9.64 Å². The van der Waals surface area contributed by atoms with Crippen LogP contribution in [-0.2, 0) is 0 Å². The van der Waals surface area contributed by atoms with E-state index in [0.717, 1.165) is 27.9 Å². The Hall–Kier alpha value is -1.81. The van der Waals surface area contributed by atoms with Crippen LogP contribution in [0.2, 0.25) is 0 Å². The van der Waals surface area contributed by atoms with Crippen LogP contribution in [-0.4, -0.2) is 18.6 Å². The van der Waals surface area contributed by atoms with Gasteiger partial charge in [0.05, 0.1) is 7.11 Å². The summed E-state index contributed by atoms with van der Waals surface area (Å²) in [5.74, 6) is 1.23. The van der Waals surface area contributed by atoms with Crippen molar-refractivity contribution < 1.29 is 9.53 Å². The fourth-order valence-electron chi connectivity index (χ4n) is 3.67. The molecule has 0 saturated carbocycles. The maximum Gasteiger partial charge on any atom is 0.258 e. The van der Waals surface area contributed by atoms with E-state index < -0.39 is 0 Å². The number of carbonyl (C=O) groups is 1. The lowest BCUT2D eigenvalue weighted by molar-refractivity contribution is 0.0953. The van der Waals surface area contributed by atoms with Crippen molar-refractivity contribution in [3.63, 3.8) is 0 Å². The number of halogens is 1. The number of anilines is 1. The van der Waals surface area contributed by atoms with Crippen molar-refractivity contribution in [3.8, 4) is 5.75 Å². The van der Waals surface area contributed by atoms with Gasteiger partial charge in [-0.3, -0.25) is 4.79 Å². The van der Waals surface area contributed by atoms with Gasteiger partial charge in [0.1, 0.15) is 5.75 Å². The van der Waals surface area contributed by atoms with E-state index in [2.05, 4.69) is 42.8 Å². The lowest BCUT2D eigenvalue weighted by Gasteiger charge is -2.46. The van der Waals surface area contributed by atoms with Gasteiger partial charge in [-0.05, 0) is 68.1 Å². The molecule has 126 valence electrons. The summed E-state index contributed by atoms with van der Waals surface area (Å²) in [6, 6.07) is 13.5. The molecule has 1 unspecified atom stereocenters. The van der Waals surface area contributed by atoms with Gasteiger partial charge in [0.2, 0.25) is 0 Å². The number of fused-ring (bicyclic) bond motifs is 1. The zero-order valence-corrected chi connectivity index (χ0v) is 16.1. The predicted molar refractivity (Wildman–Crippen MR) is 101 cm³/mol. The van der Waals surface area contributed by atoms with E-state index in [1.54, 1.807) is 7.11 Å². The van der Waals surface area contributed by atoms with E-state index in [0.29, 0.717) is 11.5 Å². The zero-order valence-electron chi connectivity index (χ0n) is 14.5. The molecule has 2 aromatic carbocycles.